The van der Waals surface area contributed by atoms with Crippen molar-refractivity contribution in [3.05, 3.63) is 34.7 Å². The van der Waals surface area contributed by atoms with E-state index in [9.17, 15) is 13.5 Å². The number of benzene rings is 1. The van der Waals surface area contributed by atoms with Gasteiger partial charge in [0.25, 0.3) is 0 Å². The van der Waals surface area contributed by atoms with Crippen LogP contribution in [0.4, 0.5) is 0 Å². The van der Waals surface area contributed by atoms with E-state index in [1.807, 2.05) is 0 Å². The van der Waals surface area contributed by atoms with Crippen LogP contribution >= 0.6 is 0 Å². The van der Waals surface area contributed by atoms with Crippen LogP contribution in [0.5, 0.6) is 0 Å². The molecule has 1 heterocycles. The van der Waals surface area contributed by atoms with Crippen LogP contribution in [0.2, 0.25) is 0 Å². The van der Waals surface area contributed by atoms with E-state index in [0.29, 0.717) is 5.56 Å². The van der Waals surface area contributed by atoms with Crippen LogP contribution in [-0.4, -0.2) is 25.7 Å². The van der Waals surface area contributed by atoms with E-state index in [1.54, 1.807) is 25.1 Å². The molecular weight excluding hydrogens is 226 g/mol. The second-order valence-corrected chi connectivity index (χ2v) is 5.81. The van der Waals surface area contributed by atoms with Crippen LogP contribution in [0.25, 0.3) is 6.08 Å². The van der Waals surface area contributed by atoms with Crippen molar-refractivity contribution in [1.82, 2.24) is 0 Å². The first kappa shape index (κ1) is 11.3. The third-order valence-electron chi connectivity index (χ3n) is 2.61. The molecule has 86 valence electrons. The fourth-order valence-electron chi connectivity index (χ4n) is 1.71. The summed E-state index contributed by atoms with van der Waals surface area (Å²) in [6.45, 7) is 1.57. The average Bonchev–Trinajstić information content (AvgIpc) is 2.50. The predicted molar refractivity (Wildman–Crippen MR) is 61.3 cm³/mol. The SMILES string of the molecule is CC(N)C(O)C1=Cc2ccccc2S1(=O)=O. The third-order valence-corrected chi connectivity index (χ3v) is 4.54. The van der Waals surface area contributed by atoms with Crippen molar-refractivity contribution in [3.8, 4) is 0 Å². The predicted octanol–water partition coefficient (Wildman–Crippen LogP) is 0.523. The maximum absolute atomic E-state index is 12.0. The van der Waals surface area contributed by atoms with Crippen molar-refractivity contribution in [2.45, 2.75) is 24.0 Å². The van der Waals surface area contributed by atoms with Gasteiger partial charge in [-0.3, -0.25) is 0 Å². The van der Waals surface area contributed by atoms with Gasteiger partial charge in [-0.25, -0.2) is 8.42 Å². The van der Waals surface area contributed by atoms with E-state index >= 15 is 0 Å². The zero-order valence-electron chi connectivity index (χ0n) is 8.79. The molecule has 1 aromatic rings. The van der Waals surface area contributed by atoms with Crippen LogP contribution in [0.1, 0.15) is 12.5 Å². The Kier molecular flexibility index (Phi) is 2.61. The molecule has 2 rings (SSSR count). The Morgan fingerprint density at radius 1 is 1.31 bits per heavy atom. The molecule has 5 heteroatoms. The number of hydrogen-bond donors (Lipinski definition) is 2. The summed E-state index contributed by atoms with van der Waals surface area (Å²) in [6, 6.07) is 6.03. The van der Waals surface area contributed by atoms with Gasteiger partial charge in [-0.1, -0.05) is 18.2 Å². The fourth-order valence-corrected chi connectivity index (χ4v) is 3.47. The van der Waals surface area contributed by atoms with Gasteiger partial charge < -0.3 is 10.8 Å². The molecule has 0 fully saturated rings. The van der Waals surface area contributed by atoms with Crippen LogP contribution in [0.3, 0.4) is 0 Å². The molecule has 16 heavy (non-hydrogen) atoms. The molecule has 0 aliphatic carbocycles. The minimum atomic E-state index is -3.56. The monoisotopic (exact) mass is 239 g/mol. The number of fused-ring (bicyclic) bond motifs is 1. The normalized spacial score (nSPS) is 21.1. The first-order valence-electron chi connectivity index (χ1n) is 4.94. The Morgan fingerprint density at radius 3 is 2.50 bits per heavy atom. The summed E-state index contributed by atoms with van der Waals surface area (Å²) in [4.78, 5) is 0.230. The van der Waals surface area contributed by atoms with Crippen LogP contribution in [0.15, 0.2) is 34.1 Å². The molecule has 1 aliphatic heterocycles. The van der Waals surface area contributed by atoms with Crippen LogP contribution in [-0.2, 0) is 9.84 Å². The highest BCUT2D eigenvalue weighted by Crippen LogP contribution is 2.34. The van der Waals surface area contributed by atoms with Crippen molar-refractivity contribution in [1.29, 1.82) is 0 Å². The Labute approximate surface area is 94.3 Å². The summed E-state index contributed by atoms with van der Waals surface area (Å²) in [5.74, 6) is 0. The fraction of sp³-hybridized carbons (Fsp3) is 0.273. The van der Waals surface area contributed by atoms with Crippen molar-refractivity contribution in [2.24, 2.45) is 5.73 Å². The van der Waals surface area contributed by atoms with Crippen LogP contribution < -0.4 is 5.73 Å². The molecule has 0 radical (unpaired) electrons. The number of aliphatic hydroxyl groups excluding tert-OH is 1. The van der Waals surface area contributed by atoms with Crippen molar-refractivity contribution >= 4 is 15.9 Å². The highest BCUT2D eigenvalue weighted by atomic mass is 32.2. The van der Waals surface area contributed by atoms with Crippen molar-refractivity contribution < 1.29 is 13.5 Å². The minimum absolute atomic E-state index is 0.0105. The Bertz CT molecular complexity index is 546. The average molecular weight is 239 g/mol. The van der Waals surface area contributed by atoms with E-state index in [-0.39, 0.29) is 9.80 Å². The molecule has 0 spiro atoms. The number of nitrogens with two attached hydrogens (primary N) is 1. The van der Waals surface area contributed by atoms with Gasteiger partial charge >= 0.3 is 0 Å². The second kappa shape index (κ2) is 3.69. The van der Waals surface area contributed by atoms with E-state index in [0.717, 1.165) is 0 Å². The van der Waals surface area contributed by atoms with E-state index < -0.39 is 22.0 Å². The number of sulfone groups is 1. The lowest BCUT2D eigenvalue weighted by atomic mass is 10.1. The highest BCUT2D eigenvalue weighted by Gasteiger charge is 2.34. The van der Waals surface area contributed by atoms with Gasteiger partial charge in [-0.15, -0.1) is 0 Å². The zero-order valence-corrected chi connectivity index (χ0v) is 9.61. The van der Waals surface area contributed by atoms with Gasteiger partial charge in [-0.2, -0.15) is 0 Å². The first-order valence-corrected chi connectivity index (χ1v) is 6.42. The summed E-state index contributed by atoms with van der Waals surface area (Å²) >= 11 is 0. The molecule has 3 N–H and O–H groups in total. The molecule has 0 saturated carbocycles. The van der Waals surface area contributed by atoms with E-state index in [2.05, 4.69) is 0 Å². The summed E-state index contributed by atoms with van der Waals surface area (Å²) < 4.78 is 24.1. The van der Waals surface area contributed by atoms with Crippen molar-refractivity contribution in [2.75, 3.05) is 0 Å². The van der Waals surface area contributed by atoms with E-state index in [4.69, 9.17) is 5.73 Å². The van der Waals surface area contributed by atoms with E-state index in [1.165, 1.54) is 12.1 Å². The lowest BCUT2D eigenvalue weighted by Gasteiger charge is -2.15. The first-order chi connectivity index (χ1) is 7.44. The largest absolute Gasteiger partial charge is 0.386 e. The molecule has 1 aromatic carbocycles. The molecule has 4 nitrogen and oxygen atoms in total. The lowest BCUT2D eigenvalue weighted by molar-refractivity contribution is 0.194. The Morgan fingerprint density at radius 2 is 1.94 bits per heavy atom. The highest BCUT2D eigenvalue weighted by molar-refractivity contribution is 7.96. The van der Waals surface area contributed by atoms with Crippen LogP contribution in [0, 0.1) is 0 Å². The molecule has 0 saturated heterocycles. The quantitative estimate of drug-likeness (QED) is 0.788. The zero-order chi connectivity index (χ0) is 11.9. The number of rotatable bonds is 2. The molecule has 0 amide bonds. The van der Waals surface area contributed by atoms with Gasteiger partial charge in [0.2, 0.25) is 9.84 Å². The molecule has 1 aliphatic rings. The summed E-state index contributed by atoms with van der Waals surface area (Å²) in [5, 5.41) is 9.76. The maximum Gasteiger partial charge on any atom is 0.206 e. The molecule has 2 unspecified atom stereocenters. The van der Waals surface area contributed by atoms with Gasteiger partial charge in [0.05, 0.1) is 9.80 Å². The Hall–Kier alpha value is -1.17. The van der Waals surface area contributed by atoms with Gasteiger partial charge in [0.1, 0.15) is 6.10 Å². The number of aliphatic hydroxyl groups is 1. The summed E-state index contributed by atoms with van der Waals surface area (Å²) in [5.41, 5.74) is 6.12. The second-order valence-electron chi connectivity index (χ2n) is 3.89. The summed E-state index contributed by atoms with van der Waals surface area (Å²) in [7, 11) is -3.56. The topological polar surface area (TPSA) is 80.4 Å². The molecule has 0 bridgehead atoms. The standard InChI is InChI=1S/C11H13NO3S/c1-7(12)11(13)10-6-8-4-2-3-5-9(8)16(10,14)15/h2-7,11,13H,12H2,1H3. The maximum atomic E-state index is 12.0. The van der Waals surface area contributed by atoms with Gasteiger partial charge in [0, 0.05) is 6.04 Å². The molecule has 0 aromatic heterocycles. The van der Waals surface area contributed by atoms with Gasteiger partial charge in [0.15, 0.2) is 0 Å². The molecular formula is C11H13NO3S. The third kappa shape index (κ3) is 1.57. The number of hydrogen-bond acceptors (Lipinski definition) is 4. The molecule has 2 atom stereocenters. The lowest BCUT2D eigenvalue weighted by Crippen LogP contribution is -2.34. The Balaban J connectivity index is 2.56. The van der Waals surface area contributed by atoms with Crippen molar-refractivity contribution in [3.63, 3.8) is 0 Å². The van der Waals surface area contributed by atoms with Gasteiger partial charge in [-0.05, 0) is 24.6 Å². The summed E-state index contributed by atoms with van der Waals surface area (Å²) in [6.07, 6.45) is 0.330. The minimum Gasteiger partial charge on any atom is -0.386 e. The smallest absolute Gasteiger partial charge is 0.206 e.